The summed E-state index contributed by atoms with van der Waals surface area (Å²) in [4.78, 5) is 14.5. The molecule has 1 amide bonds. The molecule has 1 aliphatic carbocycles. The van der Waals surface area contributed by atoms with Crippen LogP contribution in [-0.4, -0.2) is 43.5 Å². The first-order valence-electron chi connectivity index (χ1n) is 8.15. The molecule has 3 N–H and O–H groups in total. The molecule has 0 radical (unpaired) electrons. The smallest absolute Gasteiger partial charge is 0.238 e. The highest BCUT2D eigenvalue weighted by molar-refractivity contribution is 5.82. The molecule has 1 saturated heterocycles. The lowest BCUT2D eigenvalue weighted by atomic mass is 10.0. The Kier molecular flexibility index (Phi) is 4.76. The highest BCUT2D eigenvalue weighted by Gasteiger charge is 2.38. The van der Waals surface area contributed by atoms with E-state index in [-0.39, 0.29) is 18.0 Å². The lowest BCUT2D eigenvalue weighted by Gasteiger charge is -2.25. The molecule has 2 fully saturated rings. The van der Waals surface area contributed by atoms with Crippen LogP contribution in [0.25, 0.3) is 0 Å². The van der Waals surface area contributed by atoms with Gasteiger partial charge in [0.25, 0.3) is 0 Å². The molecular formula is C17H26N4O. The van der Waals surface area contributed by atoms with Crippen LogP contribution >= 0.6 is 0 Å². The van der Waals surface area contributed by atoms with Crippen LogP contribution in [0.2, 0.25) is 0 Å². The van der Waals surface area contributed by atoms with E-state index >= 15 is 0 Å². The van der Waals surface area contributed by atoms with Crippen molar-refractivity contribution in [3.05, 3.63) is 35.9 Å². The molecule has 1 aromatic carbocycles. The minimum absolute atomic E-state index is 0.0958. The average Bonchev–Trinajstić information content (AvgIpc) is 3.25. The van der Waals surface area contributed by atoms with Gasteiger partial charge < -0.3 is 10.2 Å². The SMILES string of the molecule is CN(C)C(CNC(=O)C1CC(C2CC2)NN1)c1ccccc1. The minimum atomic E-state index is -0.107. The van der Waals surface area contributed by atoms with E-state index in [0.29, 0.717) is 12.6 Å². The van der Waals surface area contributed by atoms with Crippen molar-refractivity contribution in [2.75, 3.05) is 20.6 Å². The zero-order valence-corrected chi connectivity index (χ0v) is 13.4. The van der Waals surface area contributed by atoms with Gasteiger partial charge in [-0.3, -0.25) is 10.2 Å². The van der Waals surface area contributed by atoms with Crippen molar-refractivity contribution in [1.29, 1.82) is 0 Å². The second-order valence-electron chi connectivity index (χ2n) is 6.66. The first-order valence-corrected chi connectivity index (χ1v) is 8.15. The minimum Gasteiger partial charge on any atom is -0.353 e. The quantitative estimate of drug-likeness (QED) is 0.735. The van der Waals surface area contributed by atoms with Crippen LogP contribution in [0.1, 0.15) is 30.9 Å². The summed E-state index contributed by atoms with van der Waals surface area (Å²) in [6.07, 6.45) is 3.49. The van der Waals surface area contributed by atoms with Crippen LogP contribution in [0.5, 0.6) is 0 Å². The summed E-state index contributed by atoms with van der Waals surface area (Å²) in [5, 5.41) is 3.10. The van der Waals surface area contributed by atoms with Gasteiger partial charge in [-0.25, -0.2) is 5.43 Å². The monoisotopic (exact) mass is 302 g/mol. The molecule has 0 aromatic heterocycles. The van der Waals surface area contributed by atoms with Gasteiger partial charge in [-0.1, -0.05) is 30.3 Å². The summed E-state index contributed by atoms with van der Waals surface area (Å²) < 4.78 is 0. The van der Waals surface area contributed by atoms with Crippen molar-refractivity contribution >= 4 is 5.91 Å². The number of rotatable bonds is 6. The summed E-state index contributed by atoms with van der Waals surface area (Å²) in [5.74, 6) is 0.863. The van der Waals surface area contributed by atoms with Crippen LogP contribution in [0.3, 0.4) is 0 Å². The number of carbonyl (C=O) groups is 1. The van der Waals surface area contributed by atoms with E-state index in [1.54, 1.807) is 0 Å². The average molecular weight is 302 g/mol. The number of hydrogen-bond donors (Lipinski definition) is 3. The van der Waals surface area contributed by atoms with Crippen molar-refractivity contribution < 1.29 is 4.79 Å². The zero-order chi connectivity index (χ0) is 15.5. The molecule has 2 aliphatic rings. The van der Waals surface area contributed by atoms with Crippen LogP contribution in [0, 0.1) is 5.92 Å². The van der Waals surface area contributed by atoms with Gasteiger partial charge in [-0.15, -0.1) is 0 Å². The van der Waals surface area contributed by atoms with Crippen molar-refractivity contribution in [3.63, 3.8) is 0 Å². The molecule has 1 heterocycles. The molecule has 22 heavy (non-hydrogen) atoms. The van der Waals surface area contributed by atoms with Crippen LogP contribution in [0.15, 0.2) is 30.3 Å². The molecule has 3 atom stereocenters. The third kappa shape index (κ3) is 3.66. The molecule has 3 rings (SSSR count). The predicted molar refractivity (Wildman–Crippen MR) is 87.1 cm³/mol. The predicted octanol–water partition coefficient (Wildman–Crippen LogP) is 1.05. The molecule has 1 aromatic rings. The molecule has 3 unspecified atom stereocenters. The Balaban J connectivity index is 1.52. The summed E-state index contributed by atoms with van der Waals surface area (Å²) in [6.45, 7) is 0.627. The maximum Gasteiger partial charge on any atom is 0.238 e. The molecule has 5 heteroatoms. The number of likely N-dealkylation sites (N-methyl/N-ethyl adjacent to an activating group) is 1. The topological polar surface area (TPSA) is 56.4 Å². The Bertz CT molecular complexity index is 501. The summed E-state index contributed by atoms with van der Waals surface area (Å²) in [7, 11) is 4.09. The number of carbonyl (C=O) groups excluding carboxylic acids is 1. The van der Waals surface area contributed by atoms with Crippen LogP contribution < -0.4 is 16.2 Å². The fraction of sp³-hybridized carbons (Fsp3) is 0.588. The van der Waals surface area contributed by atoms with Gasteiger partial charge in [0.1, 0.15) is 6.04 Å². The van der Waals surface area contributed by atoms with E-state index < -0.39 is 0 Å². The Labute approximate surface area is 132 Å². The van der Waals surface area contributed by atoms with Crippen molar-refractivity contribution in [1.82, 2.24) is 21.1 Å². The van der Waals surface area contributed by atoms with Gasteiger partial charge in [-0.05, 0) is 44.8 Å². The van der Waals surface area contributed by atoms with E-state index in [2.05, 4.69) is 33.2 Å². The van der Waals surface area contributed by atoms with Gasteiger partial charge in [-0.2, -0.15) is 0 Å². The summed E-state index contributed by atoms with van der Waals surface area (Å²) in [6, 6.07) is 10.9. The summed E-state index contributed by atoms with van der Waals surface area (Å²) in [5.41, 5.74) is 7.64. The molecule has 5 nitrogen and oxygen atoms in total. The van der Waals surface area contributed by atoms with Gasteiger partial charge in [0.05, 0.1) is 6.04 Å². The van der Waals surface area contributed by atoms with E-state index in [0.717, 1.165) is 12.3 Å². The number of nitrogens with zero attached hydrogens (tertiary/aromatic N) is 1. The van der Waals surface area contributed by atoms with E-state index in [4.69, 9.17) is 0 Å². The van der Waals surface area contributed by atoms with Crippen molar-refractivity contribution in [3.8, 4) is 0 Å². The number of hydrazine groups is 1. The van der Waals surface area contributed by atoms with E-state index in [1.165, 1.54) is 18.4 Å². The number of amides is 1. The zero-order valence-electron chi connectivity index (χ0n) is 13.4. The third-order valence-corrected chi connectivity index (χ3v) is 4.72. The Morgan fingerprint density at radius 2 is 2.00 bits per heavy atom. The second kappa shape index (κ2) is 6.77. The second-order valence-corrected chi connectivity index (χ2v) is 6.66. The van der Waals surface area contributed by atoms with E-state index in [9.17, 15) is 4.79 Å². The molecule has 0 spiro atoms. The fourth-order valence-corrected chi connectivity index (χ4v) is 3.16. The molecule has 0 bridgehead atoms. The number of nitrogens with one attached hydrogen (secondary N) is 3. The summed E-state index contributed by atoms with van der Waals surface area (Å²) >= 11 is 0. The highest BCUT2D eigenvalue weighted by atomic mass is 16.2. The number of benzene rings is 1. The Hall–Kier alpha value is -1.43. The Morgan fingerprint density at radius 1 is 1.27 bits per heavy atom. The molecular weight excluding hydrogens is 276 g/mol. The van der Waals surface area contributed by atoms with Crippen LogP contribution in [-0.2, 0) is 4.79 Å². The molecule has 1 aliphatic heterocycles. The molecule has 1 saturated carbocycles. The van der Waals surface area contributed by atoms with Gasteiger partial charge in [0, 0.05) is 12.6 Å². The third-order valence-electron chi connectivity index (χ3n) is 4.72. The van der Waals surface area contributed by atoms with Gasteiger partial charge in [0.15, 0.2) is 0 Å². The fourth-order valence-electron chi connectivity index (χ4n) is 3.16. The first kappa shape index (κ1) is 15.5. The van der Waals surface area contributed by atoms with Crippen LogP contribution in [0.4, 0.5) is 0 Å². The van der Waals surface area contributed by atoms with Gasteiger partial charge in [0.2, 0.25) is 5.91 Å². The lowest BCUT2D eigenvalue weighted by Crippen LogP contribution is -2.45. The largest absolute Gasteiger partial charge is 0.353 e. The Morgan fingerprint density at radius 3 is 2.64 bits per heavy atom. The van der Waals surface area contributed by atoms with Gasteiger partial charge >= 0.3 is 0 Å². The van der Waals surface area contributed by atoms with E-state index in [1.807, 2.05) is 32.3 Å². The molecule has 120 valence electrons. The number of hydrogen-bond acceptors (Lipinski definition) is 4. The van der Waals surface area contributed by atoms with Crippen molar-refractivity contribution in [2.45, 2.75) is 37.4 Å². The maximum absolute atomic E-state index is 12.4. The first-order chi connectivity index (χ1) is 10.6. The highest BCUT2D eigenvalue weighted by Crippen LogP contribution is 2.35. The lowest BCUT2D eigenvalue weighted by molar-refractivity contribution is -0.123. The van der Waals surface area contributed by atoms with Crippen molar-refractivity contribution in [2.24, 2.45) is 5.92 Å². The standard InChI is InChI=1S/C17H26N4O/c1-21(2)16(13-6-4-3-5-7-13)11-18-17(22)15-10-14(19-20-15)12-8-9-12/h3-7,12,14-16,19-20H,8-11H2,1-2H3,(H,18,22). The normalized spacial score (nSPS) is 26.1. The maximum atomic E-state index is 12.4.